The van der Waals surface area contributed by atoms with Gasteiger partial charge in [0, 0.05) is 19.2 Å². The normalized spacial score (nSPS) is 12.6. The van der Waals surface area contributed by atoms with Crippen LogP contribution in [-0.2, 0) is 14.8 Å². The highest BCUT2D eigenvalue weighted by molar-refractivity contribution is 7.92. The molecular weight excluding hydrogens is 543 g/mol. The molecule has 0 aliphatic carbocycles. The molecule has 2 aromatic rings. The van der Waals surface area contributed by atoms with Gasteiger partial charge in [-0.1, -0.05) is 0 Å². The summed E-state index contributed by atoms with van der Waals surface area (Å²) in [5.74, 6) is -12.6. The van der Waals surface area contributed by atoms with E-state index in [1.54, 1.807) is 6.92 Å². The molecule has 0 aliphatic rings. The molecular formula is C20H20F7N3O6S. The topological polar surface area (TPSA) is 116 Å². The average molecular weight is 563 g/mol. The quantitative estimate of drug-likeness (QED) is 0.294. The molecule has 0 atom stereocenters. The molecule has 1 amide bonds. The van der Waals surface area contributed by atoms with Crippen LogP contribution in [0, 0.1) is 0 Å². The number of carbonyl (C=O) groups excluding carboxylic acids is 1. The number of alkyl halides is 7. The molecule has 0 bridgehead atoms. The Balaban J connectivity index is 1.96. The summed E-state index contributed by atoms with van der Waals surface area (Å²) in [7, 11) is -4.27. The minimum atomic E-state index is -6.50. The van der Waals surface area contributed by atoms with Crippen molar-refractivity contribution in [3.8, 4) is 11.6 Å². The molecule has 0 aliphatic heterocycles. The van der Waals surface area contributed by atoms with E-state index in [1.165, 1.54) is 12.1 Å². The third kappa shape index (κ3) is 8.08. The van der Waals surface area contributed by atoms with Crippen molar-refractivity contribution in [3.63, 3.8) is 0 Å². The van der Waals surface area contributed by atoms with Gasteiger partial charge in [0.2, 0.25) is 5.88 Å². The SMILES string of the molecule is CCOCCNC(=O)Oc1ccc(NS(=O)(=O)c2ccc(OCC(F)(F)C(F)(F)C(F)(F)F)cc2)cn1. The highest BCUT2D eigenvalue weighted by Crippen LogP contribution is 2.46. The first-order valence-electron chi connectivity index (χ1n) is 10.2. The van der Waals surface area contributed by atoms with Gasteiger partial charge in [-0.15, -0.1) is 0 Å². The molecule has 0 spiro atoms. The minimum Gasteiger partial charge on any atom is -0.487 e. The Morgan fingerprint density at radius 3 is 2.19 bits per heavy atom. The van der Waals surface area contributed by atoms with Crippen LogP contribution in [0.2, 0.25) is 0 Å². The van der Waals surface area contributed by atoms with Crippen molar-refractivity contribution in [2.45, 2.75) is 29.8 Å². The van der Waals surface area contributed by atoms with Crippen molar-refractivity contribution in [2.75, 3.05) is 31.1 Å². The number of amides is 1. The van der Waals surface area contributed by atoms with Crippen molar-refractivity contribution in [3.05, 3.63) is 42.6 Å². The Morgan fingerprint density at radius 1 is 1.00 bits per heavy atom. The van der Waals surface area contributed by atoms with E-state index in [1.807, 2.05) is 0 Å². The molecule has 0 saturated heterocycles. The van der Waals surface area contributed by atoms with Gasteiger partial charge in [-0.3, -0.25) is 4.72 Å². The molecule has 1 heterocycles. The fraction of sp³-hybridized carbons (Fsp3) is 0.400. The lowest BCUT2D eigenvalue weighted by molar-refractivity contribution is -0.358. The van der Waals surface area contributed by atoms with E-state index in [0.717, 1.165) is 30.5 Å². The Kier molecular flexibility index (Phi) is 9.54. The second-order valence-electron chi connectivity index (χ2n) is 7.04. The van der Waals surface area contributed by atoms with E-state index in [9.17, 15) is 43.9 Å². The summed E-state index contributed by atoms with van der Waals surface area (Å²) in [6.45, 7) is 0.404. The van der Waals surface area contributed by atoms with Crippen LogP contribution in [0.4, 0.5) is 41.2 Å². The fourth-order valence-corrected chi connectivity index (χ4v) is 3.45. The third-order valence-corrected chi connectivity index (χ3v) is 5.67. The molecule has 0 saturated carbocycles. The second kappa shape index (κ2) is 11.8. The zero-order valence-electron chi connectivity index (χ0n) is 18.8. The lowest BCUT2D eigenvalue weighted by Gasteiger charge is -2.27. The third-order valence-electron chi connectivity index (χ3n) is 4.28. The number of hydrogen-bond acceptors (Lipinski definition) is 7. The van der Waals surface area contributed by atoms with Gasteiger partial charge >= 0.3 is 24.1 Å². The molecule has 206 valence electrons. The number of sulfonamides is 1. The lowest BCUT2D eigenvalue weighted by atomic mass is 10.2. The van der Waals surface area contributed by atoms with Crippen LogP contribution in [0.1, 0.15) is 6.92 Å². The minimum absolute atomic E-state index is 0.0570. The molecule has 2 rings (SSSR count). The summed E-state index contributed by atoms with van der Waals surface area (Å²) in [4.78, 5) is 15.0. The van der Waals surface area contributed by atoms with Crippen molar-refractivity contribution in [2.24, 2.45) is 0 Å². The van der Waals surface area contributed by atoms with Crippen molar-refractivity contribution < 1.29 is 58.2 Å². The van der Waals surface area contributed by atoms with Crippen molar-refractivity contribution in [1.82, 2.24) is 10.3 Å². The lowest BCUT2D eigenvalue weighted by Crippen LogP contribution is -2.54. The van der Waals surface area contributed by atoms with E-state index < -0.39 is 51.4 Å². The number of aromatic nitrogens is 1. The number of carbonyl (C=O) groups is 1. The molecule has 1 aromatic heterocycles. The number of ether oxygens (including phenoxy) is 3. The van der Waals surface area contributed by atoms with Gasteiger partial charge in [0.15, 0.2) is 6.61 Å². The Bertz CT molecular complexity index is 1140. The summed E-state index contributed by atoms with van der Waals surface area (Å²) in [5.41, 5.74) is -0.0570. The number of hydrogen-bond donors (Lipinski definition) is 2. The van der Waals surface area contributed by atoms with Gasteiger partial charge in [0.25, 0.3) is 10.0 Å². The van der Waals surface area contributed by atoms with Crippen LogP contribution in [-0.4, -0.2) is 63.9 Å². The molecule has 17 heteroatoms. The van der Waals surface area contributed by atoms with Crippen molar-refractivity contribution in [1.29, 1.82) is 0 Å². The molecule has 9 nitrogen and oxygen atoms in total. The summed E-state index contributed by atoms with van der Waals surface area (Å²) in [6, 6.07) is 5.66. The largest absolute Gasteiger partial charge is 0.487 e. The van der Waals surface area contributed by atoms with Gasteiger partial charge in [-0.05, 0) is 37.3 Å². The van der Waals surface area contributed by atoms with Gasteiger partial charge in [-0.25, -0.2) is 18.2 Å². The number of anilines is 1. The van der Waals surface area contributed by atoms with E-state index in [-0.39, 0.29) is 24.7 Å². The van der Waals surface area contributed by atoms with Gasteiger partial charge in [0.1, 0.15) is 5.75 Å². The number of benzene rings is 1. The van der Waals surface area contributed by atoms with Gasteiger partial charge < -0.3 is 19.5 Å². The molecule has 0 fully saturated rings. The fourth-order valence-electron chi connectivity index (χ4n) is 2.40. The summed E-state index contributed by atoms with van der Waals surface area (Å²) in [5, 5.41) is 2.40. The van der Waals surface area contributed by atoms with Gasteiger partial charge in [-0.2, -0.15) is 30.7 Å². The maximum absolute atomic E-state index is 13.3. The maximum Gasteiger partial charge on any atom is 0.460 e. The van der Waals surface area contributed by atoms with Crippen LogP contribution in [0.5, 0.6) is 11.6 Å². The zero-order valence-corrected chi connectivity index (χ0v) is 19.6. The first-order chi connectivity index (χ1) is 17.1. The molecule has 0 unspecified atom stereocenters. The van der Waals surface area contributed by atoms with Crippen LogP contribution in [0.15, 0.2) is 47.5 Å². The van der Waals surface area contributed by atoms with E-state index in [2.05, 4.69) is 19.8 Å². The van der Waals surface area contributed by atoms with Crippen LogP contribution >= 0.6 is 0 Å². The number of halogens is 7. The smallest absolute Gasteiger partial charge is 0.460 e. The number of pyridine rings is 1. The Labute approximate surface area is 206 Å². The van der Waals surface area contributed by atoms with E-state index in [0.29, 0.717) is 6.61 Å². The van der Waals surface area contributed by atoms with Crippen LogP contribution in [0.3, 0.4) is 0 Å². The number of nitrogens with zero attached hydrogens (tertiary/aromatic N) is 1. The molecule has 2 N–H and O–H groups in total. The standard InChI is InChI=1S/C20H20F7N3O6S/c1-2-34-10-9-28-17(31)36-16-8-3-13(11-29-16)30-37(32,33)15-6-4-14(5-7-15)35-12-18(21,22)19(23,24)20(25,26)27/h3-8,11,30H,2,9-10,12H2,1H3,(H,28,31). The highest BCUT2D eigenvalue weighted by atomic mass is 32.2. The molecule has 0 radical (unpaired) electrons. The summed E-state index contributed by atoms with van der Waals surface area (Å²) >= 11 is 0. The Hall–Kier alpha value is -3.34. The van der Waals surface area contributed by atoms with E-state index in [4.69, 9.17) is 9.47 Å². The average Bonchev–Trinajstić information content (AvgIpc) is 2.81. The number of rotatable bonds is 12. The van der Waals surface area contributed by atoms with Crippen molar-refractivity contribution >= 4 is 21.8 Å². The highest BCUT2D eigenvalue weighted by Gasteiger charge is 2.73. The number of nitrogens with one attached hydrogen (secondary N) is 2. The summed E-state index contributed by atoms with van der Waals surface area (Å²) < 4.78 is 130. The van der Waals surface area contributed by atoms with Crippen LogP contribution < -0.4 is 19.5 Å². The maximum atomic E-state index is 13.3. The first-order valence-corrected chi connectivity index (χ1v) is 11.6. The molecule has 1 aromatic carbocycles. The summed E-state index contributed by atoms with van der Waals surface area (Å²) in [6.07, 6.45) is -6.29. The Morgan fingerprint density at radius 2 is 1.65 bits per heavy atom. The van der Waals surface area contributed by atoms with Gasteiger partial charge in [0.05, 0.1) is 23.4 Å². The molecule has 37 heavy (non-hydrogen) atoms. The monoisotopic (exact) mass is 563 g/mol. The van der Waals surface area contributed by atoms with Crippen LogP contribution in [0.25, 0.3) is 0 Å². The second-order valence-corrected chi connectivity index (χ2v) is 8.72. The first kappa shape index (κ1) is 29.9. The zero-order chi connectivity index (χ0) is 27.9. The van der Waals surface area contributed by atoms with E-state index >= 15 is 0 Å². The predicted molar refractivity (Wildman–Crippen MR) is 113 cm³/mol. The predicted octanol–water partition coefficient (Wildman–Crippen LogP) is 4.22.